The lowest BCUT2D eigenvalue weighted by Crippen LogP contribution is -2.41. The minimum absolute atomic E-state index is 0.113. The molecule has 3 fully saturated rings. The SMILES string of the molecule is COc1ccc2c(c1C1CCN(C[C@H]3C[C@H](n4cc5cc(NC(=O)c6cccc(C(F)(F)F)n6)c(Cl)cc5n4)C3)CC1)n(C)c(=O)n2C1CCCNC1=O. The number of anilines is 1. The minimum atomic E-state index is -4.67. The highest BCUT2D eigenvalue weighted by Gasteiger charge is 2.36. The number of likely N-dealkylation sites (tertiary alicyclic amines) is 1. The molecule has 0 radical (unpaired) electrons. The number of carbonyl (C=O) groups excluding carboxylic acids is 2. The highest BCUT2D eigenvalue weighted by atomic mass is 35.5. The first-order chi connectivity index (χ1) is 25.9. The minimum Gasteiger partial charge on any atom is -0.496 e. The van der Waals surface area contributed by atoms with E-state index in [0.717, 1.165) is 91.6 Å². The second kappa shape index (κ2) is 14.1. The van der Waals surface area contributed by atoms with Gasteiger partial charge >= 0.3 is 11.9 Å². The molecule has 2 aliphatic heterocycles. The topological polar surface area (TPSA) is 128 Å². The number of fused-ring (bicyclic) bond motifs is 2. The molecule has 16 heteroatoms. The van der Waals surface area contributed by atoms with Gasteiger partial charge in [0.1, 0.15) is 23.2 Å². The number of methoxy groups -OCH3 is 1. The first-order valence-corrected chi connectivity index (χ1v) is 18.6. The summed E-state index contributed by atoms with van der Waals surface area (Å²) in [6.07, 6.45) is 2.46. The Labute approximate surface area is 313 Å². The number of carbonyl (C=O) groups is 2. The van der Waals surface area contributed by atoms with E-state index in [4.69, 9.17) is 21.4 Å². The van der Waals surface area contributed by atoms with Crippen molar-refractivity contribution in [2.24, 2.45) is 13.0 Å². The van der Waals surface area contributed by atoms with Gasteiger partial charge in [0, 0.05) is 37.3 Å². The number of aryl methyl sites for hydroxylation is 1. The third-order valence-electron chi connectivity index (χ3n) is 11.3. The van der Waals surface area contributed by atoms with E-state index in [9.17, 15) is 27.6 Å². The molecular weight excluding hydrogens is 725 g/mol. The normalized spacial score (nSPS) is 21.3. The molecule has 0 bridgehead atoms. The van der Waals surface area contributed by atoms with Gasteiger partial charge in [0.05, 0.1) is 40.4 Å². The molecule has 1 aliphatic carbocycles. The van der Waals surface area contributed by atoms with E-state index in [0.29, 0.717) is 24.4 Å². The van der Waals surface area contributed by atoms with E-state index in [1.807, 2.05) is 23.0 Å². The summed E-state index contributed by atoms with van der Waals surface area (Å²) in [4.78, 5) is 45.0. The first kappa shape index (κ1) is 36.1. The molecule has 2 aromatic carbocycles. The lowest BCUT2D eigenvalue weighted by molar-refractivity contribution is -0.141. The molecule has 1 unspecified atom stereocenters. The van der Waals surface area contributed by atoms with Crippen molar-refractivity contribution in [2.75, 3.05) is 38.6 Å². The van der Waals surface area contributed by atoms with Gasteiger partial charge in [-0.2, -0.15) is 18.3 Å². The fraction of sp³-hybridized carbons (Fsp3) is 0.447. The fourth-order valence-electron chi connectivity index (χ4n) is 8.45. The number of nitrogens with one attached hydrogen (secondary N) is 2. The number of nitrogens with zero attached hydrogens (tertiary/aromatic N) is 6. The number of benzene rings is 2. The van der Waals surface area contributed by atoms with Gasteiger partial charge in [0.2, 0.25) is 5.91 Å². The maximum absolute atomic E-state index is 13.6. The maximum Gasteiger partial charge on any atom is 0.433 e. The van der Waals surface area contributed by atoms with E-state index >= 15 is 0 Å². The van der Waals surface area contributed by atoms with Crippen molar-refractivity contribution in [1.29, 1.82) is 0 Å². The van der Waals surface area contributed by atoms with Gasteiger partial charge < -0.3 is 20.3 Å². The molecule has 3 aromatic heterocycles. The Balaban J connectivity index is 0.898. The number of halogens is 4. The van der Waals surface area contributed by atoms with Crippen LogP contribution in [0.4, 0.5) is 18.9 Å². The molecule has 2 N–H and O–H groups in total. The van der Waals surface area contributed by atoms with Gasteiger partial charge in [-0.25, -0.2) is 9.78 Å². The summed E-state index contributed by atoms with van der Waals surface area (Å²) >= 11 is 6.45. The molecule has 1 atom stereocenters. The van der Waals surface area contributed by atoms with Crippen LogP contribution in [0.25, 0.3) is 21.9 Å². The van der Waals surface area contributed by atoms with E-state index in [-0.39, 0.29) is 40.0 Å². The summed E-state index contributed by atoms with van der Waals surface area (Å²) < 4.78 is 50.4. The van der Waals surface area contributed by atoms with Crippen molar-refractivity contribution < 1.29 is 27.5 Å². The quantitative estimate of drug-likeness (QED) is 0.190. The van der Waals surface area contributed by atoms with Crippen LogP contribution in [0, 0.1) is 5.92 Å². The summed E-state index contributed by atoms with van der Waals surface area (Å²) in [5.74, 6) is 0.560. The van der Waals surface area contributed by atoms with Gasteiger partial charge in [0.25, 0.3) is 5.91 Å². The molecule has 0 spiro atoms. The Morgan fingerprint density at radius 1 is 1.09 bits per heavy atom. The van der Waals surface area contributed by atoms with Crippen LogP contribution in [0.3, 0.4) is 0 Å². The summed E-state index contributed by atoms with van der Waals surface area (Å²) in [7, 11) is 3.44. The Morgan fingerprint density at radius 3 is 2.59 bits per heavy atom. The summed E-state index contributed by atoms with van der Waals surface area (Å²) in [5.41, 5.74) is 1.85. The number of amides is 2. The van der Waals surface area contributed by atoms with Crippen molar-refractivity contribution in [1.82, 2.24) is 34.1 Å². The fourth-order valence-corrected chi connectivity index (χ4v) is 8.65. The van der Waals surface area contributed by atoms with Gasteiger partial charge in [-0.15, -0.1) is 0 Å². The molecular formula is C38H40ClF3N8O4. The largest absolute Gasteiger partial charge is 0.496 e. The number of ether oxygens (including phenoxy) is 1. The van der Waals surface area contributed by atoms with Gasteiger partial charge in [-0.05, 0) is 99.8 Å². The second-order valence-corrected chi connectivity index (χ2v) is 15.0. The van der Waals surface area contributed by atoms with Gasteiger partial charge in [-0.3, -0.25) is 23.4 Å². The Hall–Kier alpha value is -4.89. The summed E-state index contributed by atoms with van der Waals surface area (Å²) in [6.45, 7) is 3.44. The van der Waals surface area contributed by atoms with Crippen molar-refractivity contribution in [3.63, 3.8) is 0 Å². The number of hydrogen-bond donors (Lipinski definition) is 2. The monoisotopic (exact) mass is 764 g/mol. The van der Waals surface area contributed by atoms with Gasteiger partial charge in [0.15, 0.2) is 0 Å². The average Bonchev–Trinajstić information content (AvgIpc) is 3.65. The molecule has 3 aliphatic rings. The third kappa shape index (κ3) is 6.61. The molecule has 12 nitrogen and oxygen atoms in total. The molecule has 5 aromatic rings. The number of hydrogen-bond acceptors (Lipinski definition) is 7. The molecule has 1 saturated carbocycles. The highest BCUT2D eigenvalue weighted by molar-refractivity contribution is 6.34. The highest BCUT2D eigenvalue weighted by Crippen LogP contribution is 2.43. The van der Waals surface area contributed by atoms with Crippen LogP contribution in [-0.4, -0.2) is 73.9 Å². The maximum atomic E-state index is 13.6. The van der Waals surface area contributed by atoms with Crippen LogP contribution in [0.15, 0.2) is 53.5 Å². The number of imidazole rings is 1. The zero-order valence-electron chi connectivity index (χ0n) is 29.8. The Bertz CT molecular complexity index is 2320. The number of alkyl halides is 3. The van der Waals surface area contributed by atoms with E-state index in [1.165, 1.54) is 6.07 Å². The molecule has 284 valence electrons. The van der Waals surface area contributed by atoms with Crippen molar-refractivity contribution in [2.45, 2.75) is 62.7 Å². The van der Waals surface area contributed by atoms with Crippen LogP contribution in [0.5, 0.6) is 5.75 Å². The zero-order chi connectivity index (χ0) is 37.9. The lowest BCUT2D eigenvalue weighted by Gasteiger charge is -2.41. The standard InChI is InChI=1S/C38H40ClF3N8O4/c1-47-34-29(50(37(47)53)30-6-4-12-43-36(30)52)8-9-31(54-2)33(34)22-10-13-48(14-11-22)19-21-15-24(16-21)49-20-23-17-28(25(39)18-27(23)46-49)45-35(51)26-5-3-7-32(44-26)38(40,41)42/h3,5,7-9,17-18,20-22,24,30H,4,6,10-16,19H2,1-2H3,(H,43,52)(H,45,51)/t21-,24-,30?. The van der Waals surface area contributed by atoms with Gasteiger partial charge in [-0.1, -0.05) is 17.7 Å². The predicted molar refractivity (Wildman–Crippen MR) is 197 cm³/mol. The van der Waals surface area contributed by atoms with Crippen LogP contribution in [-0.2, 0) is 18.0 Å². The predicted octanol–water partition coefficient (Wildman–Crippen LogP) is 6.30. The molecule has 8 rings (SSSR count). The molecule has 2 saturated heterocycles. The van der Waals surface area contributed by atoms with Crippen molar-refractivity contribution in [3.8, 4) is 5.75 Å². The van der Waals surface area contributed by atoms with Crippen LogP contribution < -0.4 is 21.1 Å². The number of piperidine rings is 2. The summed E-state index contributed by atoms with van der Waals surface area (Å²) in [6, 6.07) is 9.99. The molecule has 2 amide bonds. The molecule has 5 heterocycles. The average molecular weight is 765 g/mol. The Kier molecular flexibility index (Phi) is 9.41. The van der Waals surface area contributed by atoms with E-state index in [2.05, 4.69) is 20.5 Å². The first-order valence-electron chi connectivity index (χ1n) is 18.2. The molecule has 54 heavy (non-hydrogen) atoms. The smallest absolute Gasteiger partial charge is 0.433 e. The zero-order valence-corrected chi connectivity index (χ0v) is 30.6. The van der Waals surface area contributed by atoms with Crippen LogP contribution in [0.1, 0.15) is 78.3 Å². The Morgan fingerprint density at radius 2 is 1.87 bits per heavy atom. The number of rotatable bonds is 8. The van der Waals surface area contributed by atoms with E-state index in [1.54, 1.807) is 35.4 Å². The number of aromatic nitrogens is 5. The second-order valence-electron chi connectivity index (χ2n) is 14.6. The van der Waals surface area contributed by atoms with Crippen molar-refractivity contribution >= 4 is 51.0 Å². The third-order valence-corrected chi connectivity index (χ3v) is 11.6. The van der Waals surface area contributed by atoms with Crippen molar-refractivity contribution in [3.05, 3.63) is 81.1 Å². The van der Waals surface area contributed by atoms with Crippen LogP contribution >= 0.6 is 11.6 Å². The number of pyridine rings is 1. The summed E-state index contributed by atoms with van der Waals surface area (Å²) in [5, 5.41) is 11.2. The lowest BCUT2D eigenvalue weighted by atomic mass is 9.79. The van der Waals surface area contributed by atoms with E-state index < -0.39 is 23.8 Å². The van der Waals surface area contributed by atoms with Crippen LogP contribution in [0.2, 0.25) is 5.02 Å².